The molecule has 30 heavy (non-hydrogen) atoms. The lowest BCUT2D eigenvalue weighted by molar-refractivity contribution is -0.0247. The van der Waals surface area contributed by atoms with Crippen molar-refractivity contribution >= 4 is 5.91 Å². The van der Waals surface area contributed by atoms with E-state index in [1.807, 2.05) is 13.8 Å². The molecule has 2 aromatic heterocycles. The lowest BCUT2D eigenvalue weighted by Crippen LogP contribution is -2.43. The van der Waals surface area contributed by atoms with Crippen molar-refractivity contribution in [1.29, 1.82) is 0 Å². The Balaban J connectivity index is 1.64. The molecule has 1 atom stereocenters. The summed E-state index contributed by atoms with van der Waals surface area (Å²) in [6, 6.07) is 6.41. The second-order valence-corrected chi connectivity index (χ2v) is 7.53. The van der Waals surface area contributed by atoms with Gasteiger partial charge < -0.3 is 14.2 Å². The number of hydrogen-bond donors (Lipinski definition) is 0. The standard InChI is InChI=1S/C22H23FN4O3/c1-13(2)19-18(14(3)30-26-19)22(28)27-10-11-29-17(12-27)21-20(24-8-9-25-21)15-6-4-5-7-16(15)23/h4-9,13,17H,10-12H2,1-3H3/t17-/m1/s1. The van der Waals surface area contributed by atoms with Crippen LogP contribution in [-0.4, -0.2) is 45.6 Å². The third kappa shape index (κ3) is 3.70. The van der Waals surface area contributed by atoms with Crippen LogP contribution in [0.2, 0.25) is 0 Å². The fraction of sp³-hybridized carbons (Fsp3) is 0.364. The second kappa shape index (κ2) is 8.31. The van der Waals surface area contributed by atoms with Crippen LogP contribution in [0.1, 0.15) is 53.4 Å². The molecular formula is C22H23FN4O3. The van der Waals surface area contributed by atoms with Gasteiger partial charge in [-0.05, 0) is 25.0 Å². The fourth-order valence-electron chi connectivity index (χ4n) is 3.65. The smallest absolute Gasteiger partial charge is 0.259 e. The van der Waals surface area contributed by atoms with Crippen LogP contribution in [0.5, 0.6) is 0 Å². The Kier molecular flexibility index (Phi) is 5.59. The highest BCUT2D eigenvalue weighted by Crippen LogP contribution is 2.31. The number of amides is 1. The Morgan fingerprint density at radius 3 is 2.77 bits per heavy atom. The van der Waals surface area contributed by atoms with Crippen LogP contribution in [0.25, 0.3) is 11.3 Å². The van der Waals surface area contributed by atoms with Gasteiger partial charge in [0.05, 0.1) is 30.2 Å². The number of aryl methyl sites for hydroxylation is 1. The first-order valence-corrected chi connectivity index (χ1v) is 9.90. The van der Waals surface area contributed by atoms with Gasteiger partial charge in [-0.2, -0.15) is 0 Å². The highest BCUT2D eigenvalue weighted by molar-refractivity contribution is 5.96. The fourth-order valence-corrected chi connectivity index (χ4v) is 3.65. The van der Waals surface area contributed by atoms with E-state index in [1.54, 1.807) is 36.2 Å². The number of carbonyl (C=O) groups is 1. The van der Waals surface area contributed by atoms with E-state index >= 15 is 0 Å². The minimum Gasteiger partial charge on any atom is -0.368 e. The van der Waals surface area contributed by atoms with Crippen LogP contribution in [0.4, 0.5) is 4.39 Å². The predicted molar refractivity (Wildman–Crippen MR) is 107 cm³/mol. The van der Waals surface area contributed by atoms with Gasteiger partial charge in [-0.25, -0.2) is 4.39 Å². The average Bonchev–Trinajstić information content (AvgIpc) is 3.15. The first-order chi connectivity index (χ1) is 14.5. The van der Waals surface area contributed by atoms with E-state index in [0.29, 0.717) is 47.1 Å². The summed E-state index contributed by atoms with van der Waals surface area (Å²) in [5.41, 5.74) is 2.42. The van der Waals surface area contributed by atoms with Crippen molar-refractivity contribution in [3.63, 3.8) is 0 Å². The molecule has 4 rings (SSSR count). The van der Waals surface area contributed by atoms with E-state index in [-0.39, 0.29) is 24.2 Å². The molecule has 7 nitrogen and oxygen atoms in total. The molecule has 1 fully saturated rings. The maximum atomic E-state index is 14.4. The van der Waals surface area contributed by atoms with Gasteiger partial charge in [-0.1, -0.05) is 31.1 Å². The van der Waals surface area contributed by atoms with Gasteiger partial charge in [-0.3, -0.25) is 14.8 Å². The largest absolute Gasteiger partial charge is 0.368 e. The predicted octanol–water partition coefficient (Wildman–Crippen LogP) is 3.92. The van der Waals surface area contributed by atoms with E-state index in [4.69, 9.17) is 9.26 Å². The molecular weight excluding hydrogens is 387 g/mol. The van der Waals surface area contributed by atoms with Crippen LogP contribution in [-0.2, 0) is 4.74 Å². The number of halogens is 1. The van der Waals surface area contributed by atoms with Crippen molar-refractivity contribution in [1.82, 2.24) is 20.0 Å². The molecule has 0 unspecified atom stereocenters. The Morgan fingerprint density at radius 2 is 2.00 bits per heavy atom. The molecule has 156 valence electrons. The minimum absolute atomic E-state index is 0.0610. The molecule has 0 saturated carbocycles. The zero-order chi connectivity index (χ0) is 21.3. The Labute approximate surface area is 173 Å². The van der Waals surface area contributed by atoms with E-state index in [0.717, 1.165) is 0 Å². The van der Waals surface area contributed by atoms with Gasteiger partial charge >= 0.3 is 0 Å². The molecule has 1 amide bonds. The number of benzene rings is 1. The number of morpholine rings is 1. The molecule has 0 aliphatic carbocycles. The summed E-state index contributed by atoms with van der Waals surface area (Å²) in [6.45, 7) is 6.73. The summed E-state index contributed by atoms with van der Waals surface area (Å²) in [6.07, 6.45) is 2.55. The van der Waals surface area contributed by atoms with Crippen molar-refractivity contribution in [2.24, 2.45) is 0 Å². The minimum atomic E-state index is -0.520. The topological polar surface area (TPSA) is 81.4 Å². The molecule has 0 radical (unpaired) electrons. The summed E-state index contributed by atoms with van der Waals surface area (Å²) in [4.78, 5) is 23.7. The molecule has 1 saturated heterocycles. The third-order valence-electron chi connectivity index (χ3n) is 5.16. The van der Waals surface area contributed by atoms with Crippen LogP contribution >= 0.6 is 0 Å². The number of hydrogen-bond acceptors (Lipinski definition) is 6. The normalized spacial score (nSPS) is 16.8. The summed E-state index contributed by atoms with van der Waals surface area (Å²) >= 11 is 0. The van der Waals surface area contributed by atoms with Crippen molar-refractivity contribution in [2.75, 3.05) is 19.7 Å². The molecule has 1 aromatic carbocycles. The van der Waals surface area contributed by atoms with Crippen LogP contribution in [0.15, 0.2) is 41.2 Å². The van der Waals surface area contributed by atoms with Gasteiger partial charge in [0.2, 0.25) is 0 Å². The van der Waals surface area contributed by atoms with Gasteiger partial charge in [-0.15, -0.1) is 0 Å². The summed E-state index contributed by atoms with van der Waals surface area (Å²) in [5.74, 6) is 0.0240. The average molecular weight is 410 g/mol. The molecule has 3 heterocycles. The number of rotatable bonds is 4. The van der Waals surface area contributed by atoms with E-state index in [2.05, 4.69) is 15.1 Å². The van der Waals surface area contributed by atoms with Crippen LogP contribution in [0, 0.1) is 12.7 Å². The zero-order valence-corrected chi connectivity index (χ0v) is 17.1. The monoisotopic (exact) mass is 410 g/mol. The highest BCUT2D eigenvalue weighted by atomic mass is 19.1. The number of ether oxygens (including phenoxy) is 1. The lowest BCUT2D eigenvalue weighted by Gasteiger charge is -2.33. The summed E-state index contributed by atoms with van der Waals surface area (Å²) in [5, 5.41) is 4.05. The lowest BCUT2D eigenvalue weighted by atomic mass is 10.0. The quantitative estimate of drug-likeness (QED) is 0.649. The van der Waals surface area contributed by atoms with Crippen molar-refractivity contribution in [3.8, 4) is 11.3 Å². The second-order valence-electron chi connectivity index (χ2n) is 7.53. The Bertz CT molecular complexity index is 1070. The SMILES string of the molecule is Cc1onc(C(C)C)c1C(=O)N1CCO[C@@H](c2nccnc2-c2ccccc2F)C1. The molecule has 1 aliphatic rings. The third-order valence-corrected chi connectivity index (χ3v) is 5.16. The van der Waals surface area contributed by atoms with E-state index in [1.165, 1.54) is 12.3 Å². The molecule has 0 bridgehead atoms. The Hall–Kier alpha value is -3.13. The van der Waals surface area contributed by atoms with Gasteiger partial charge in [0, 0.05) is 24.5 Å². The van der Waals surface area contributed by atoms with Gasteiger partial charge in [0.25, 0.3) is 5.91 Å². The number of carbonyl (C=O) groups excluding carboxylic acids is 1. The molecule has 8 heteroatoms. The Morgan fingerprint density at radius 1 is 1.23 bits per heavy atom. The van der Waals surface area contributed by atoms with Crippen LogP contribution < -0.4 is 0 Å². The number of aromatic nitrogens is 3. The molecule has 3 aromatic rings. The van der Waals surface area contributed by atoms with Gasteiger partial charge in [0.15, 0.2) is 0 Å². The zero-order valence-electron chi connectivity index (χ0n) is 17.1. The van der Waals surface area contributed by atoms with Crippen molar-refractivity contribution in [2.45, 2.75) is 32.8 Å². The van der Waals surface area contributed by atoms with Crippen molar-refractivity contribution < 1.29 is 18.4 Å². The molecule has 0 N–H and O–H groups in total. The first-order valence-electron chi connectivity index (χ1n) is 9.90. The highest BCUT2D eigenvalue weighted by Gasteiger charge is 2.33. The van der Waals surface area contributed by atoms with Gasteiger partial charge in [0.1, 0.15) is 23.2 Å². The molecule has 0 spiro atoms. The summed E-state index contributed by atoms with van der Waals surface area (Å²) in [7, 11) is 0. The van der Waals surface area contributed by atoms with Crippen molar-refractivity contribution in [3.05, 3.63) is 65.2 Å². The first kappa shape index (κ1) is 20.2. The van der Waals surface area contributed by atoms with Crippen LogP contribution in [0.3, 0.4) is 0 Å². The molecule has 1 aliphatic heterocycles. The maximum absolute atomic E-state index is 14.4. The van der Waals surface area contributed by atoms with E-state index < -0.39 is 6.10 Å². The maximum Gasteiger partial charge on any atom is 0.259 e. The number of nitrogens with zero attached hydrogens (tertiary/aromatic N) is 4. The van der Waals surface area contributed by atoms with E-state index in [9.17, 15) is 9.18 Å². The summed E-state index contributed by atoms with van der Waals surface area (Å²) < 4.78 is 25.6.